The number of nitrogens with two attached hydrogens (primary N) is 1. The summed E-state index contributed by atoms with van der Waals surface area (Å²) >= 11 is 0. The Balaban J connectivity index is 1.63. The first-order valence-electron chi connectivity index (χ1n) is 7.24. The van der Waals surface area contributed by atoms with Crippen LogP contribution in [0.15, 0.2) is 23.0 Å². The number of aromatic amines is 2. The third kappa shape index (κ3) is 3.12. The summed E-state index contributed by atoms with van der Waals surface area (Å²) in [4.78, 5) is 36.1. The van der Waals surface area contributed by atoms with Gasteiger partial charge in [-0.05, 0) is 25.0 Å². The van der Waals surface area contributed by atoms with E-state index in [9.17, 15) is 14.4 Å². The summed E-state index contributed by atoms with van der Waals surface area (Å²) in [7, 11) is 0. The number of likely N-dealkylation sites (tertiary alicyclic amines) is 1. The number of carbonyl (C=O) groups is 2. The molecular formula is C14H16N6O3. The van der Waals surface area contributed by atoms with Crippen molar-refractivity contribution in [3.05, 3.63) is 45.6 Å². The van der Waals surface area contributed by atoms with Crippen molar-refractivity contribution in [2.75, 3.05) is 13.1 Å². The van der Waals surface area contributed by atoms with Crippen molar-refractivity contribution in [3.8, 4) is 0 Å². The Hall–Kier alpha value is -2.97. The zero-order valence-electron chi connectivity index (χ0n) is 12.3. The maximum absolute atomic E-state index is 12.3. The lowest BCUT2D eigenvalue weighted by atomic mass is 9.93. The van der Waals surface area contributed by atoms with Gasteiger partial charge in [-0.15, -0.1) is 0 Å². The molecule has 23 heavy (non-hydrogen) atoms. The van der Waals surface area contributed by atoms with E-state index in [2.05, 4.69) is 20.4 Å². The predicted octanol–water partition coefficient (Wildman–Crippen LogP) is -0.388. The van der Waals surface area contributed by atoms with Crippen molar-refractivity contribution in [2.24, 2.45) is 5.73 Å². The number of nitrogens with zero attached hydrogens (tertiary/aromatic N) is 3. The number of hydrogen-bond acceptors (Lipinski definition) is 5. The summed E-state index contributed by atoms with van der Waals surface area (Å²) in [5, 5.41) is 12.7. The number of nitrogens with one attached hydrogen (secondary N) is 2. The summed E-state index contributed by atoms with van der Waals surface area (Å²) in [6.07, 6.45) is 1.49. The molecule has 2 aromatic rings. The summed E-state index contributed by atoms with van der Waals surface area (Å²) in [6.45, 7) is 1.13. The van der Waals surface area contributed by atoms with E-state index in [1.54, 1.807) is 11.0 Å². The molecule has 1 fully saturated rings. The minimum Gasteiger partial charge on any atom is -0.364 e. The van der Waals surface area contributed by atoms with Gasteiger partial charge in [0.1, 0.15) is 11.4 Å². The predicted molar refractivity (Wildman–Crippen MR) is 79.8 cm³/mol. The second kappa shape index (κ2) is 6.03. The number of hydrogen-bond donors (Lipinski definition) is 3. The molecule has 3 heterocycles. The largest absolute Gasteiger partial charge is 0.364 e. The highest BCUT2D eigenvalue weighted by atomic mass is 16.2. The number of amides is 2. The molecule has 0 atom stereocenters. The Bertz CT molecular complexity index is 767. The second-order valence-corrected chi connectivity index (χ2v) is 5.45. The molecule has 0 saturated carbocycles. The molecule has 1 aliphatic rings. The quantitative estimate of drug-likeness (QED) is 0.708. The first-order valence-corrected chi connectivity index (χ1v) is 7.24. The van der Waals surface area contributed by atoms with E-state index in [0.29, 0.717) is 13.1 Å². The highest BCUT2D eigenvalue weighted by molar-refractivity contribution is 5.92. The fourth-order valence-corrected chi connectivity index (χ4v) is 2.69. The van der Waals surface area contributed by atoms with E-state index in [0.717, 1.165) is 18.5 Å². The van der Waals surface area contributed by atoms with Crippen LogP contribution in [0.2, 0.25) is 0 Å². The number of H-pyrrole nitrogens is 2. The van der Waals surface area contributed by atoms with Crippen LogP contribution >= 0.6 is 0 Å². The number of piperidine rings is 1. The minimum atomic E-state index is -0.566. The van der Waals surface area contributed by atoms with E-state index >= 15 is 0 Å². The molecule has 0 radical (unpaired) electrons. The molecule has 0 unspecified atom stereocenters. The number of rotatable bonds is 3. The van der Waals surface area contributed by atoms with Gasteiger partial charge < -0.3 is 10.6 Å². The van der Waals surface area contributed by atoms with Gasteiger partial charge in [-0.2, -0.15) is 10.2 Å². The molecule has 2 aromatic heterocycles. The van der Waals surface area contributed by atoms with E-state index in [4.69, 9.17) is 5.73 Å². The average molecular weight is 316 g/mol. The monoisotopic (exact) mass is 316 g/mol. The molecule has 3 rings (SSSR count). The number of carbonyl (C=O) groups excluding carboxylic acids is 2. The molecule has 4 N–H and O–H groups in total. The van der Waals surface area contributed by atoms with E-state index in [1.807, 2.05) is 0 Å². The van der Waals surface area contributed by atoms with E-state index < -0.39 is 5.91 Å². The Morgan fingerprint density at radius 1 is 1.13 bits per heavy atom. The van der Waals surface area contributed by atoms with E-state index in [-0.39, 0.29) is 28.8 Å². The molecule has 0 bridgehead atoms. The first kappa shape index (κ1) is 14.9. The highest BCUT2D eigenvalue weighted by Gasteiger charge is 2.26. The molecule has 0 aliphatic carbocycles. The van der Waals surface area contributed by atoms with Gasteiger partial charge in [-0.1, -0.05) is 0 Å². The normalized spacial score (nSPS) is 15.6. The zero-order chi connectivity index (χ0) is 16.4. The SMILES string of the molecule is NC(=O)c1cc(C2CCN(C(=O)c3ccc(=O)[nH]n3)CC2)[nH]n1. The van der Waals surface area contributed by atoms with Crippen molar-refractivity contribution < 1.29 is 9.59 Å². The molecule has 2 amide bonds. The first-order chi connectivity index (χ1) is 11.0. The average Bonchev–Trinajstić information content (AvgIpc) is 3.05. The second-order valence-electron chi connectivity index (χ2n) is 5.45. The van der Waals surface area contributed by atoms with Crippen LogP contribution in [-0.4, -0.2) is 50.2 Å². The molecule has 1 aliphatic heterocycles. The van der Waals surface area contributed by atoms with Crippen LogP contribution < -0.4 is 11.3 Å². The highest BCUT2D eigenvalue weighted by Crippen LogP contribution is 2.27. The number of primary amides is 1. The van der Waals surface area contributed by atoms with Crippen LogP contribution in [0, 0.1) is 0 Å². The van der Waals surface area contributed by atoms with Crippen LogP contribution in [0.4, 0.5) is 0 Å². The maximum atomic E-state index is 12.3. The van der Waals surface area contributed by atoms with Gasteiger partial charge in [0.05, 0.1) is 0 Å². The van der Waals surface area contributed by atoms with Crippen LogP contribution in [0.3, 0.4) is 0 Å². The molecule has 0 aromatic carbocycles. The van der Waals surface area contributed by atoms with Crippen LogP contribution in [0.5, 0.6) is 0 Å². The Labute approximate surface area is 130 Å². The summed E-state index contributed by atoms with van der Waals surface area (Å²) < 4.78 is 0. The third-order valence-corrected chi connectivity index (χ3v) is 3.97. The molecule has 0 spiro atoms. The van der Waals surface area contributed by atoms with Crippen molar-refractivity contribution in [3.63, 3.8) is 0 Å². The smallest absolute Gasteiger partial charge is 0.274 e. The lowest BCUT2D eigenvalue weighted by Gasteiger charge is -2.31. The Morgan fingerprint density at radius 2 is 1.83 bits per heavy atom. The van der Waals surface area contributed by atoms with Gasteiger partial charge >= 0.3 is 0 Å². The van der Waals surface area contributed by atoms with Gasteiger partial charge in [0.25, 0.3) is 17.4 Å². The van der Waals surface area contributed by atoms with Gasteiger partial charge in [0.15, 0.2) is 0 Å². The van der Waals surface area contributed by atoms with Crippen molar-refractivity contribution in [2.45, 2.75) is 18.8 Å². The Kier molecular flexibility index (Phi) is 3.92. The number of aromatic nitrogens is 4. The fraction of sp³-hybridized carbons (Fsp3) is 0.357. The van der Waals surface area contributed by atoms with E-state index in [1.165, 1.54) is 12.1 Å². The topological polar surface area (TPSA) is 138 Å². The third-order valence-electron chi connectivity index (χ3n) is 3.97. The standard InChI is InChI=1S/C14H16N6O3/c15-13(22)11-7-10(17-18-11)8-3-5-20(6-4-8)14(23)9-1-2-12(21)19-16-9/h1-2,7-8H,3-6H2,(H2,15,22)(H,17,18)(H,19,21). The molecule has 120 valence electrons. The van der Waals surface area contributed by atoms with Crippen molar-refractivity contribution >= 4 is 11.8 Å². The van der Waals surface area contributed by atoms with Gasteiger partial charge in [-0.25, -0.2) is 5.10 Å². The van der Waals surface area contributed by atoms with Crippen molar-refractivity contribution in [1.82, 2.24) is 25.3 Å². The van der Waals surface area contributed by atoms with Crippen LogP contribution in [0.1, 0.15) is 45.4 Å². The fourth-order valence-electron chi connectivity index (χ4n) is 2.69. The minimum absolute atomic E-state index is 0.197. The van der Waals surface area contributed by atoms with Crippen LogP contribution in [0.25, 0.3) is 0 Å². The van der Waals surface area contributed by atoms with Gasteiger partial charge in [0.2, 0.25) is 0 Å². The summed E-state index contributed by atoms with van der Waals surface area (Å²) in [5.41, 5.74) is 6.14. The maximum Gasteiger partial charge on any atom is 0.274 e. The van der Waals surface area contributed by atoms with Gasteiger partial charge in [0, 0.05) is 30.8 Å². The summed E-state index contributed by atoms with van der Waals surface area (Å²) in [6, 6.07) is 4.36. The molecule has 9 nitrogen and oxygen atoms in total. The Morgan fingerprint density at radius 3 is 2.39 bits per heavy atom. The lowest BCUT2D eigenvalue weighted by molar-refractivity contribution is 0.0704. The van der Waals surface area contributed by atoms with Crippen molar-refractivity contribution in [1.29, 1.82) is 0 Å². The summed E-state index contributed by atoms with van der Waals surface area (Å²) in [5.74, 6) is -0.574. The van der Waals surface area contributed by atoms with Crippen LogP contribution in [-0.2, 0) is 0 Å². The molecule has 9 heteroatoms. The van der Waals surface area contributed by atoms with Gasteiger partial charge in [-0.3, -0.25) is 19.5 Å². The molecular weight excluding hydrogens is 300 g/mol. The lowest BCUT2D eigenvalue weighted by Crippen LogP contribution is -2.38. The zero-order valence-corrected chi connectivity index (χ0v) is 12.3. The molecule has 1 saturated heterocycles.